The van der Waals surface area contributed by atoms with Crippen molar-refractivity contribution < 1.29 is 4.74 Å². The molecule has 1 fully saturated rings. The van der Waals surface area contributed by atoms with Crippen molar-refractivity contribution in [1.82, 2.24) is 24.6 Å². The van der Waals surface area contributed by atoms with E-state index in [1.165, 1.54) is 19.3 Å². The molecule has 188 valence electrons. The van der Waals surface area contributed by atoms with Gasteiger partial charge in [0.05, 0.1) is 17.9 Å². The largest absolute Gasteiger partial charge is 0.493 e. The number of aromatic amines is 1. The van der Waals surface area contributed by atoms with Crippen molar-refractivity contribution in [3.63, 3.8) is 0 Å². The first kappa shape index (κ1) is 24.8. The highest BCUT2D eigenvalue weighted by Gasteiger charge is 2.19. The highest BCUT2D eigenvalue weighted by Crippen LogP contribution is 2.32. The predicted octanol–water partition coefficient (Wildman–Crippen LogP) is 4.34. The second-order valence-electron chi connectivity index (χ2n) is 8.96. The van der Waals surface area contributed by atoms with Gasteiger partial charge in [0, 0.05) is 32.4 Å². The Labute approximate surface area is 206 Å². The van der Waals surface area contributed by atoms with Crippen molar-refractivity contribution in [1.29, 1.82) is 0 Å². The lowest BCUT2D eigenvalue weighted by Crippen LogP contribution is -2.40. The van der Waals surface area contributed by atoms with E-state index in [2.05, 4.69) is 34.1 Å². The van der Waals surface area contributed by atoms with Gasteiger partial charge in [-0.1, -0.05) is 20.3 Å². The zero-order chi connectivity index (χ0) is 24.8. The lowest BCUT2D eigenvalue weighted by atomic mass is 10.1. The van der Waals surface area contributed by atoms with Gasteiger partial charge in [-0.05, 0) is 57.2 Å². The molecule has 3 aromatic rings. The van der Waals surface area contributed by atoms with Crippen LogP contribution in [0.1, 0.15) is 58.6 Å². The number of aryl methyl sites for hydroxylation is 2. The van der Waals surface area contributed by atoms with Gasteiger partial charge in [-0.2, -0.15) is 5.10 Å². The molecule has 0 saturated carbocycles. The number of anilines is 1. The van der Waals surface area contributed by atoms with Gasteiger partial charge in [-0.3, -0.25) is 14.5 Å². The molecule has 2 aromatic heterocycles. The Kier molecular flexibility index (Phi) is 8.05. The second kappa shape index (κ2) is 11.4. The molecule has 0 aliphatic carbocycles. The number of likely N-dealkylation sites (tertiary alicyclic amines) is 1. The quantitative estimate of drug-likeness (QED) is 0.368. The standard InChI is InChI=1S/C26H37N7O2/c1-5-11-20-22-23(32(4)31-20)25(34)30-24(29-22)19-17-18(12-13-21(19)35-16-6-2)28-26(27-7-3)33-14-9-8-10-15-33/h12-13,17H,5-11,14-16H2,1-4H3,(H,27,28)(H,29,30,34). The number of H-pyrrole nitrogens is 1. The molecule has 0 unspecified atom stereocenters. The molecule has 3 heterocycles. The minimum atomic E-state index is -0.205. The number of nitrogens with zero attached hydrogens (tertiary/aromatic N) is 5. The summed E-state index contributed by atoms with van der Waals surface area (Å²) < 4.78 is 7.67. The molecule has 35 heavy (non-hydrogen) atoms. The number of benzene rings is 1. The molecule has 1 aromatic carbocycles. The monoisotopic (exact) mass is 479 g/mol. The summed E-state index contributed by atoms with van der Waals surface area (Å²) in [6.45, 7) is 9.50. The van der Waals surface area contributed by atoms with Crippen LogP contribution in [0.15, 0.2) is 28.0 Å². The van der Waals surface area contributed by atoms with Gasteiger partial charge in [0.2, 0.25) is 0 Å². The van der Waals surface area contributed by atoms with Gasteiger partial charge < -0.3 is 19.9 Å². The van der Waals surface area contributed by atoms with Crippen molar-refractivity contribution in [2.45, 2.75) is 59.3 Å². The van der Waals surface area contributed by atoms with E-state index in [0.717, 1.165) is 55.3 Å². The zero-order valence-corrected chi connectivity index (χ0v) is 21.4. The van der Waals surface area contributed by atoms with Crippen LogP contribution in [0.25, 0.3) is 22.4 Å². The van der Waals surface area contributed by atoms with Crippen molar-refractivity contribution in [3.8, 4) is 17.1 Å². The molecule has 0 amide bonds. The third-order valence-electron chi connectivity index (χ3n) is 6.17. The molecule has 1 aliphatic heterocycles. The van der Waals surface area contributed by atoms with E-state index in [-0.39, 0.29) is 5.56 Å². The van der Waals surface area contributed by atoms with Crippen LogP contribution in [-0.4, -0.2) is 56.8 Å². The maximum atomic E-state index is 13.1. The summed E-state index contributed by atoms with van der Waals surface area (Å²) in [6, 6.07) is 5.92. The third-order valence-corrected chi connectivity index (χ3v) is 6.17. The van der Waals surface area contributed by atoms with Crippen LogP contribution in [-0.2, 0) is 13.5 Å². The normalized spacial score (nSPS) is 14.5. The molecule has 0 atom stereocenters. The number of ether oxygens (including phenoxy) is 1. The van der Waals surface area contributed by atoms with Gasteiger partial charge >= 0.3 is 0 Å². The Morgan fingerprint density at radius 1 is 1.17 bits per heavy atom. The van der Waals surface area contributed by atoms with Crippen molar-refractivity contribution in [3.05, 3.63) is 34.2 Å². The highest BCUT2D eigenvalue weighted by molar-refractivity contribution is 5.94. The predicted molar refractivity (Wildman–Crippen MR) is 141 cm³/mol. The fourth-order valence-corrected chi connectivity index (χ4v) is 4.51. The van der Waals surface area contributed by atoms with Crippen molar-refractivity contribution >= 4 is 22.7 Å². The van der Waals surface area contributed by atoms with E-state index in [1.54, 1.807) is 11.7 Å². The fourth-order valence-electron chi connectivity index (χ4n) is 4.51. The Bertz CT molecular complexity index is 1240. The molecule has 9 nitrogen and oxygen atoms in total. The molecule has 2 N–H and O–H groups in total. The average Bonchev–Trinajstić information content (AvgIpc) is 3.19. The number of guanidine groups is 1. The Morgan fingerprint density at radius 3 is 2.69 bits per heavy atom. The maximum absolute atomic E-state index is 13.1. The van der Waals surface area contributed by atoms with Gasteiger partial charge in [0.15, 0.2) is 11.5 Å². The van der Waals surface area contributed by atoms with E-state index in [0.29, 0.717) is 35.8 Å². The van der Waals surface area contributed by atoms with Crippen LogP contribution in [0.2, 0.25) is 0 Å². The summed E-state index contributed by atoms with van der Waals surface area (Å²) in [4.78, 5) is 27.9. The third kappa shape index (κ3) is 5.49. The SMILES string of the molecule is CCCOc1ccc(NC(=NCC)N2CCCCC2)cc1-c1nc2c(CCC)nn(C)c2c(=O)[nH]1. The van der Waals surface area contributed by atoms with Crippen LogP contribution in [0.5, 0.6) is 5.75 Å². The number of nitrogens with one attached hydrogen (secondary N) is 2. The first-order chi connectivity index (χ1) is 17.0. The van der Waals surface area contributed by atoms with Crippen LogP contribution >= 0.6 is 0 Å². The molecule has 9 heteroatoms. The first-order valence-corrected chi connectivity index (χ1v) is 12.8. The van der Waals surface area contributed by atoms with Crippen molar-refractivity contribution in [2.24, 2.45) is 12.0 Å². The number of rotatable bonds is 8. The Hall–Kier alpha value is -3.36. The maximum Gasteiger partial charge on any atom is 0.277 e. The molecule has 1 aliphatic rings. The molecule has 0 bridgehead atoms. The zero-order valence-electron chi connectivity index (χ0n) is 21.4. The van der Waals surface area contributed by atoms with Gasteiger partial charge in [-0.25, -0.2) is 4.98 Å². The van der Waals surface area contributed by atoms with Gasteiger partial charge in [0.1, 0.15) is 17.1 Å². The van der Waals surface area contributed by atoms with Crippen LogP contribution in [0.3, 0.4) is 0 Å². The van der Waals surface area contributed by atoms with E-state index >= 15 is 0 Å². The lowest BCUT2D eigenvalue weighted by Gasteiger charge is -2.30. The fraction of sp³-hybridized carbons (Fsp3) is 0.538. The smallest absolute Gasteiger partial charge is 0.277 e. The Balaban J connectivity index is 1.77. The van der Waals surface area contributed by atoms with E-state index in [4.69, 9.17) is 14.7 Å². The number of aliphatic imine (C=N–C) groups is 1. The van der Waals surface area contributed by atoms with Gasteiger partial charge in [0.25, 0.3) is 5.56 Å². The summed E-state index contributed by atoms with van der Waals surface area (Å²) >= 11 is 0. The summed E-state index contributed by atoms with van der Waals surface area (Å²) in [5.41, 5.74) is 3.39. The van der Waals surface area contributed by atoms with E-state index in [1.807, 2.05) is 25.1 Å². The first-order valence-electron chi connectivity index (χ1n) is 12.8. The van der Waals surface area contributed by atoms with Crippen LogP contribution < -0.4 is 15.6 Å². The minimum absolute atomic E-state index is 0.205. The number of hydrogen-bond acceptors (Lipinski definition) is 5. The number of fused-ring (bicyclic) bond motifs is 1. The van der Waals surface area contributed by atoms with Crippen molar-refractivity contribution in [2.75, 3.05) is 31.6 Å². The Morgan fingerprint density at radius 2 is 1.97 bits per heavy atom. The van der Waals surface area contributed by atoms with Crippen LogP contribution in [0, 0.1) is 0 Å². The topological polar surface area (TPSA) is 100 Å². The number of piperidine rings is 1. The molecular formula is C26H37N7O2. The van der Waals surface area contributed by atoms with E-state index in [9.17, 15) is 4.79 Å². The minimum Gasteiger partial charge on any atom is -0.493 e. The number of aromatic nitrogens is 4. The summed E-state index contributed by atoms with van der Waals surface area (Å²) in [5, 5.41) is 8.06. The molecule has 0 spiro atoms. The highest BCUT2D eigenvalue weighted by atomic mass is 16.5. The van der Waals surface area contributed by atoms with Gasteiger partial charge in [-0.15, -0.1) is 0 Å². The second-order valence-corrected chi connectivity index (χ2v) is 8.96. The van der Waals surface area contributed by atoms with E-state index < -0.39 is 0 Å². The molecule has 0 radical (unpaired) electrons. The van der Waals surface area contributed by atoms with Crippen LogP contribution in [0.4, 0.5) is 5.69 Å². The summed E-state index contributed by atoms with van der Waals surface area (Å²) in [7, 11) is 1.79. The average molecular weight is 480 g/mol. The lowest BCUT2D eigenvalue weighted by molar-refractivity contribution is 0.318. The summed E-state index contributed by atoms with van der Waals surface area (Å²) in [6.07, 6.45) is 6.19. The number of hydrogen-bond donors (Lipinski definition) is 2. The molecule has 4 rings (SSSR count). The summed E-state index contributed by atoms with van der Waals surface area (Å²) in [5.74, 6) is 2.05. The molecular weight excluding hydrogens is 442 g/mol. The molecule has 1 saturated heterocycles.